The van der Waals surface area contributed by atoms with Crippen LogP contribution in [0.2, 0.25) is 0 Å². The number of nitrogens with one attached hydrogen (secondary N) is 1. The van der Waals surface area contributed by atoms with E-state index in [9.17, 15) is 4.79 Å². The molecule has 1 N–H and O–H groups in total. The molecule has 0 spiro atoms. The van der Waals surface area contributed by atoms with E-state index < -0.39 is 6.10 Å². The van der Waals surface area contributed by atoms with Crippen LogP contribution < -0.4 is 14.8 Å². The minimum absolute atomic E-state index is 0.0925. The van der Waals surface area contributed by atoms with Gasteiger partial charge in [0.25, 0.3) is 5.91 Å². The lowest BCUT2D eigenvalue weighted by Crippen LogP contribution is -2.39. The van der Waals surface area contributed by atoms with Gasteiger partial charge in [0.15, 0.2) is 6.10 Å². The Kier molecular flexibility index (Phi) is 7.35. The second-order valence-corrected chi connectivity index (χ2v) is 7.29. The van der Waals surface area contributed by atoms with E-state index in [0.717, 1.165) is 30.8 Å². The summed E-state index contributed by atoms with van der Waals surface area (Å²) in [7, 11) is 0. The van der Waals surface area contributed by atoms with Gasteiger partial charge in [-0.1, -0.05) is 32.0 Å². The van der Waals surface area contributed by atoms with Gasteiger partial charge in [-0.2, -0.15) is 0 Å². The van der Waals surface area contributed by atoms with Crippen LogP contribution in [0.25, 0.3) is 0 Å². The molecule has 2 aromatic carbocycles. The molecular weight excluding hydrogens is 350 g/mol. The van der Waals surface area contributed by atoms with Crippen molar-refractivity contribution in [3.63, 3.8) is 0 Å². The van der Waals surface area contributed by atoms with Gasteiger partial charge in [-0.25, -0.2) is 0 Å². The van der Waals surface area contributed by atoms with E-state index in [1.807, 2.05) is 25.1 Å². The van der Waals surface area contributed by atoms with Crippen molar-refractivity contribution in [2.24, 2.45) is 0 Å². The van der Waals surface area contributed by atoms with Gasteiger partial charge in [0.2, 0.25) is 0 Å². The van der Waals surface area contributed by atoms with Crippen molar-refractivity contribution < 1.29 is 14.3 Å². The van der Waals surface area contributed by atoms with Crippen LogP contribution in [-0.2, 0) is 24.1 Å². The number of rotatable bonds is 9. The van der Waals surface area contributed by atoms with Crippen LogP contribution in [0, 0.1) is 0 Å². The largest absolute Gasteiger partial charge is 0.492 e. The quantitative estimate of drug-likeness (QED) is 0.652. The van der Waals surface area contributed by atoms with Crippen molar-refractivity contribution in [1.82, 2.24) is 5.32 Å². The normalized spacial score (nSPS) is 14.1. The van der Waals surface area contributed by atoms with Gasteiger partial charge in [-0.15, -0.1) is 0 Å². The summed E-state index contributed by atoms with van der Waals surface area (Å²) >= 11 is 0. The van der Waals surface area contributed by atoms with Gasteiger partial charge < -0.3 is 14.8 Å². The zero-order valence-corrected chi connectivity index (χ0v) is 17.0. The van der Waals surface area contributed by atoms with E-state index in [1.165, 1.54) is 29.5 Å². The number of hydrogen-bond donors (Lipinski definition) is 1. The number of carbonyl (C=O) groups is 1. The molecule has 0 bridgehead atoms. The zero-order valence-electron chi connectivity index (χ0n) is 17.0. The number of amides is 1. The van der Waals surface area contributed by atoms with Crippen LogP contribution in [-0.4, -0.2) is 25.2 Å². The minimum atomic E-state index is -0.481. The van der Waals surface area contributed by atoms with Crippen molar-refractivity contribution in [1.29, 1.82) is 0 Å². The molecule has 28 heavy (non-hydrogen) atoms. The van der Waals surface area contributed by atoms with E-state index in [4.69, 9.17) is 9.47 Å². The van der Waals surface area contributed by atoms with Crippen molar-refractivity contribution in [2.45, 2.75) is 58.5 Å². The molecule has 1 aliphatic rings. The summed E-state index contributed by atoms with van der Waals surface area (Å²) in [4.78, 5) is 12.5. The standard InChI is InChI=1S/C24H31NO3/c1-3-18-9-12-21(13-10-18)27-16-15-25-24(26)23(4-2)28-22-14-11-19-7-5-6-8-20(19)17-22/h9-14,17,23H,3-8,15-16H2,1-2H3,(H,25,26)/t23-/m1/s1. The highest BCUT2D eigenvalue weighted by Crippen LogP contribution is 2.26. The Bertz CT molecular complexity index is 770. The second kappa shape index (κ2) is 10.2. The fourth-order valence-corrected chi connectivity index (χ4v) is 3.55. The van der Waals surface area contributed by atoms with E-state index in [2.05, 4.69) is 36.5 Å². The first-order valence-corrected chi connectivity index (χ1v) is 10.5. The number of aryl methyl sites for hydroxylation is 3. The van der Waals surface area contributed by atoms with Crippen LogP contribution in [0.5, 0.6) is 11.5 Å². The third-order valence-corrected chi connectivity index (χ3v) is 5.26. The topological polar surface area (TPSA) is 47.6 Å². The van der Waals surface area contributed by atoms with Gasteiger partial charge in [-0.3, -0.25) is 4.79 Å². The fraction of sp³-hybridized carbons (Fsp3) is 0.458. The van der Waals surface area contributed by atoms with Crippen LogP contribution in [0.15, 0.2) is 42.5 Å². The SMILES string of the molecule is CCc1ccc(OCCNC(=O)[C@@H](CC)Oc2ccc3c(c2)CCCC3)cc1. The van der Waals surface area contributed by atoms with Gasteiger partial charge >= 0.3 is 0 Å². The molecule has 4 nitrogen and oxygen atoms in total. The second-order valence-electron chi connectivity index (χ2n) is 7.29. The van der Waals surface area contributed by atoms with Crippen molar-refractivity contribution in [3.05, 3.63) is 59.2 Å². The third-order valence-electron chi connectivity index (χ3n) is 5.26. The smallest absolute Gasteiger partial charge is 0.261 e. The molecule has 1 amide bonds. The average Bonchev–Trinajstić information content (AvgIpc) is 2.75. The van der Waals surface area contributed by atoms with Gasteiger partial charge in [0.1, 0.15) is 18.1 Å². The Hall–Kier alpha value is -2.49. The van der Waals surface area contributed by atoms with Crippen LogP contribution in [0.3, 0.4) is 0 Å². The molecule has 0 saturated heterocycles. The predicted octanol–water partition coefficient (Wildman–Crippen LogP) is 4.48. The summed E-state index contributed by atoms with van der Waals surface area (Å²) in [5.41, 5.74) is 4.06. The molecule has 0 unspecified atom stereocenters. The Morgan fingerprint density at radius 2 is 1.71 bits per heavy atom. The Labute approximate surface area is 168 Å². The Morgan fingerprint density at radius 3 is 2.43 bits per heavy atom. The first-order valence-electron chi connectivity index (χ1n) is 10.5. The molecule has 0 radical (unpaired) electrons. The molecule has 1 atom stereocenters. The molecule has 0 fully saturated rings. The average molecular weight is 382 g/mol. The molecule has 0 aliphatic heterocycles. The third kappa shape index (κ3) is 5.51. The summed E-state index contributed by atoms with van der Waals surface area (Å²) in [6.45, 7) is 4.99. The Balaban J connectivity index is 1.45. The van der Waals surface area contributed by atoms with E-state index in [-0.39, 0.29) is 5.91 Å². The van der Waals surface area contributed by atoms with Crippen molar-refractivity contribution in [2.75, 3.05) is 13.2 Å². The highest BCUT2D eigenvalue weighted by molar-refractivity contribution is 5.81. The molecule has 0 aromatic heterocycles. The summed E-state index contributed by atoms with van der Waals surface area (Å²) in [5.74, 6) is 1.52. The molecular formula is C24H31NO3. The maximum atomic E-state index is 12.5. The summed E-state index contributed by atoms with van der Waals surface area (Å²) < 4.78 is 11.7. The first-order chi connectivity index (χ1) is 13.7. The lowest BCUT2D eigenvalue weighted by molar-refractivity contribution is -0.128. The van der Waals surface area contributed by atoms with Gasteiger partial charge in [0, 0.05) is 0 Å². The lowest BCUT2D eigenvalue weighted by atomic mass is 9.92. The number of fused-ring (bicyclic) bond motifs is 1. The highest BCUT2D eigenvalue weighted by Gasteiger charge is 2.19. The molecule has 0 saturated carbocycles. The summed E-state index contributed by atoms with van der Waals surface area (Å²) in [6.07, 6.45) is 5.90. The van der Waals surface area contributed by atoms with Gasteiger partial charge in [0.05, 0.1) is 6.54 Å². The molecule has 3 rings (SSSR count). The summed E-state index contributed by atoms with van der Waals surface area (Å²) in [6, 6.07) is 14.3. The molecule has 2 aromatic rings. The van der Waals surface area contributed by atoms with Crippen LogP contribution in [0.4, 0.5) is 0 Å². The number of carbonyl (C=O) groups excluding carboxylic acids is 1. The number of ether oxygens (including phenoxy) is 2. The zero-order chi connectivity index (χ0) is 19.8. The lowest BCUT2D eigenvalue weighted by Gasteiger charge is -2.20. The molecule has 4 heteroatoms. The predicted molar refractivity (Wildman–Crippen MR) is 112 cm³/mol. The van der Waals surface area contributed by atoms with Crippen LogP contribution in [0.1, 0.15) is 49.8 Å². The molecule has 150 valence electrons. The number of hydrogen-bond acceptors (Lipinski definition) is 3. The first kappa shape index (κ1) is 20.2. The maximum Gasteiger partial charge on any atom is 0.261 e. The summed E-state index contributed by atoms with van der Waals surface area (Å²) in [5, 5.41) is 2.92. The fourth-order valence-electron chi connectivity index (χ4n) is 3.55. The monoisotopic (exact) mass is 381 g/mol. The Morgan fingerprint density at radius 1 is 1.00 bits per heavy atom. The minimum Gasteiger partial charge on any atom is -0.492 e. The van der Waals surface area contributed by atoms with E-state index in [0.29, 0.717) is 19.6 Å². The van der Waals surface area contributed by atoms with Crippen molar-refractivity contribution in [3.8, 4) is 11.5 Å². The van der Waals surface area contributed by atoms with Crippen LogP contribution >= 0.6 is 0 Å². The van der Waals surface area contributed by atoms with E-state index >= 15 is 0 Å². The maximum absolute atomic E-state index is 12.5. The van der Waals surface area contributed by atoms with E-state index in [1.54, 1.807) is 0 Å². The van der Waals surface area contributed by atoms with Crippen molar-refractivity contribution >= 4 is 5.91 Å². The highest BCUT2D eigenvalue weighted by atomic mass is 16.5. The van der Waals surface area contributed by atoms with Gasteiger partial charge in [-0.05, 0) is 79.5 Å². The number of benzene rings is 2. The molecule has 1 aliphatic carbocycles. The molecule has 0 heterocycles.